The van der Waals surface area contributed by atoms with E-state index in [1.807, 2.05) is 66.7 Å². The molecule has 174 valence electrons. The van der Waals surface area contributed by atoms with E-state index in [9.17, 15) is 0 Å². The van der Waals surface area contributed by atoms with Gasteiger partial charge in [0.15, 0.2) is 7.14 Å². The molecule has 8 rings (SSSR count). The number of imidazole rings is 1. The topological polar surface area (TPSA) is 34.9 Å². The second-order valence-electron chi connectivity index (χ2n) is 9.57. The van der Waals surface area contributed by atoms with Crippen LogP contribution in [0.25, 0.3) is 49.7 Å². The number of benzene rings is 6. The maximum Gasteiger partial charge on any atom is 0.175 e. The average Bonchev–Trinajstić information content (AvgIpc) is 3.36. The Morgan fingerprint density at radius 2 is 1.30 bits per heavy atom. The molecular weight excluding hydrogens is 471 g/mol. The molecule has 0 fully saturated rings. The van der Waals surface area contributed by atoms with Gasteiger partial charge in [0.25, 0.3) is 0 Å². The van der Waals surface area contributed by atoms with Crippen LogP contribution in [-0.4, -0.2) is 9.55 Å². The highest BCUT2D eigenvalue weighted by Gasteiger charge is 2.39. The first-order valence-corrected chi connectivity index (χ1v) is 14.1. The average molecular weight is 493 g/mol. The van der Waals surface area contributed by atoms with Crippen molar-refractivity contribution in [1.29, 1.82) is 0 Å². The summed E-state index contributed by atoms with van der Waals surface area (Å²) in [5.74, 6) is 0.865. The molecule has 4 heteroatoms. The van der Waals surface area contributed by atoms with Gasteiger partial charge in [-0.2, -0.15) is 0 Å². The first kappa shape index (κ1) is 20.7. The summed E-state index contributed by atoms with van der Waals surface area (Å²) in [5.41, 5.74) is 3.76. The van der Waals surface area contributed by atoms with Crippen molar-refractivity contribution in [3.8, 4) is 17.1 Å². The molecule has 0 saturated carbocycles. The van der Waals surface area contributed by atoms with E-state index >= 15 is 4.57 Å². The lowest BCUT2D eigenvalue weighted by Gasteiger charge is -2.29. The minimum Gasteiger partial charge on any atom is -0.308 e. The second-order valence-corrected chi connectivity index (χ2v) is 12.3. The molecule has 3 nitrogen and oxygen atoms in total. The molecule has 0 N–H and O–H groups in total. The summed E-state index contributed by atoms with van der Waals surface area (Å²) in [6.45, 7) is 0. The third-order valence-electron chi connectivity index (χ3n) is 7.58. The third kappa shape index (κ3) is 2.78. The van der Waals surface area contributed by atoms with Crippen LogP contribution in [0.15, 0.2) is 127 Å². The Morgan fingerprint density at radius 1 is 0.595 bits per heavy atom. The Bertz CT molecular complexity index is 2070. The van der Waals surface area contributed by atoms with Crippen molar-refractivity contribution in [2.45, 2.75) is 0 Å². The molecule has 0 saturated heterocycles. The van der Waals surface area contributed by atoms with Crippen LogP contribution in [0.1, 0.15) is 0 Å². The van der Waals surface area contributed by atoms with Gasteiger partial charge in [0, 0.05) is 21.5 Å². The van der Waals surface area contributed by atoms with Gasteiger partial charge in [0.05, 0.1) is 16.7 Å². The van der Waals surface area contributed by atoms with Gasteiger partial charge in [-0.25, -0.2) is 4.98 Å². The predicted molar refractivity (Wildman–Crippen MR) is 154 cm³/mol. The highest BCUT2D eigenvalue weighted by molar-refractivity contribution is 7.86. The molecule has 0 aliphatic carbocycles. The molecule has 0 bridgehead atoms. The zero-order valence-corrected chi connectivity index (χ0v) is 20.8. The van der Waals surface area contributed by atoms with Crippen LogP contribution < -0.4 is 15.9 Å². The molecule has 1 aliphatic rings. The molecule has 0 radical (unpaired) electrons. The number of aromatic nitrogens is 2. The normalized spacial score (nSPS) is 16.3. The fourth-order valence-electron chi connectivity index (χ4n) is 5.90. The number of hydrogen-bond donors (Lipinski definition) is 0. The number of hydrogen-bond acceptors (Lipinski definition) is 2. The molecule has 1 aliphatic heterocycles. The smallest absolute Gasteiger partial charge is 0.175 e. The van der Waals surface area contributed by atoms with E-state index in [-0.39, 0.29) is 0 Å². The minimum atomic E-state index is -3.07. The van der Waals surface area contributed by atoms with Crippen LogP contribution in [0.5, 0.6) is 0 Å². The fourth-order valence-corrected chi connectivity index (χ4v) is 8.91. The monoisotopic (exact) mass is 492 g/mol. The lowest BCUT2D eigenvalue weighted by molar-refractivity contribution is 0.592. The van der Waals surface area contributed by atoms with Crippen LogP contribution in [-0.2, 0) is 4.57 Å². The van der Waals surface area contributed by atoms with E-state index < -0.39 is 7.14 Å². The maximum absolute atomic E-state index is 15.1. The lowest BCUT2D eigenvalue weighted by atomic mass is 10.00. The van der Waals surface area contributed by atoms with Crippen molar-refractivity contribution in [1.82, 2.24) is 9.55 Å². The molecular formula is C33H21N2OP. The molecule has 0 amide bonds. The Morgan fingerprint density at radius 3 is 2.19 bits per heavy atom. The van der Waals surface area contributed by atoms with Crippen LogP contribution in [0, 0.1) is 0 Å². The molecule has 1 aromatic heterocycles. The number of rotatable bonds is 2. The predicted octanol–water partition coefficient (Wildman–Crippen LogP) is 6.95. The van der Waals surface area contributed by atoms with E-state index in [1.54, 1.807) is 0 Å². The highest BCUT2D eigenvalue weighted by Crippen LogP contribution is 2.50. The zero-order chi connectivity index (χ0) is 24.6. The van der Waals surface area contributed by atoms with Gasteiger partial charge < -0.3 is 4.57 Å². The molecule has 6 aromatic carbocycles. The van der Waals surface area contributed by atoms with E-state index in [0.717, 1.165) is 44.0 Å². The van der Waals surface area contributed by atoms with Gasteiger partial charge in [-0.15, -0.1) is 0 Å². The van der Waals surface area contributed by atoms with Crippen LogP contribution in [0.4, 0.5) is 0 Å². The quantitative estimate of drug-likeness (QED) is 0.193. The summed E-state index contributed by atoms with van der Waals surface area (Å²) in [6.07, 6.45) is 0. The number of para-hydroxylation sites is 2. The summed E-state index contributed by atoms with van der Waals surface area (Å²) < 4.78 is 17.3. The van der Waals surface area contributed by atoms with Crippen molar-refractivity contribution in [2.24, 2.45) is 0 Å². The first-order chi connectivity index (χ1) is 18.2. The Labute approximate surface area is 214 Å². The summed E-state index contributed by atoms with van der Waals surface area (Å²) in [6, 6.07) is 43.4. The van der Waals surface area contributed by atoms with Crippen molar-refractivity contribution < 1.29 is 4.57 Å². The zero-order valence-electron chi connectivity index (χ0n) is 19.9. The second kappa shape index (κ2) is 7.52. The molecule has 37 heavy (non-hydrogen) atoms. The Balaban J connectivity index is 1.48. The highest BCUT2D eigenvalue weighted by atomic mass is 31.2. The van der Waals surface area contributed by atoms with E-state index in [0.29, 0.717) is 0 Å². The van der Waals surface area contributed by atoms with Gasteiger partial charge in [-0.05, 0) is 51.9 Å². The van der Waals surface area contributed by atoms with Gasteiger partial charge in [-0.3, -0.25) is 4.57 Å². The van der Waals surface area contributed by atoms with E-state index in [4.69, 9.17) is 4.98 Å². The fraction of sp³-hybridized carbons (Fsp3) is 0. The van der Waals surface area contributed by atoms with E-state index in [1.165, 1.54) is 21.5 Å². The van der Waals surface area contributed by atoms with Crippen LogP contribution in [0.2, 0.25) is 0 Å². The summed E-state index contributed by atoms with van der Waals surface area (Å²) in [5, 5.41) is 7.40. The number of fused-ring (bicyclic) bond motifs is 5. The van der Waals surface area contributed by atoms with Crippen molar-refractivity contribution >= 4 is 55.6 Å². The minimum absolute atomic E-state index is 0.847. The van der Waals surface area contributed by atoms with Gasteiger partial charge in [0.1, 0.15) is 5.82 Å². The van der Waals surface area contributed by atoms with Gasteiger partial charge >= 0.3 is 0 Å². The maximum atomic E-state index is 15.1. The van der Waals surface area contributed by atoms with E-state index in [2.05, 4.69) is 65.2 Å². The SMILES string of the molecule is O=P1(c2ccccc2)c2ccccc2-n2c(-c3ccc4ccc5ccccc5c4c3)nc3cccc1c32. The largest absolute Gasteiger partial charge is 0.308 e. The summed E-state index contributed by atoms with van der Waals surface area (Å²) in [4.78, 5) is 5.14. The Hall–Kier alpha value is -4.46. The van der Waals surface area contributed by atoms with Gasteiger partial charge in [0.2, 0.25) is 0 Å². The lowest BCUT2D eigenvalue weighted by Crippen LogP contribution is -2.32. The molecule has 0 spiro atoms. The standard InChI is InChI=1S/C33H21N2OP/c36-37(25-10-2-1-3-11-25)30-15-7-6-14-29(30)35-32-28(13-8-16-31(32)37)34-33(35)24-20-19-23-18-17-22-9-4-5-12-26(22)27(23)21-24/h1-21H. The molecule has 1 unspecified atom stereocenters. The molecule has 1 atom stereocenters. The third-order valence-corrected chi connectivity index (χ3v) is 10.7. The molecule has 7 aromatic rings. The van der Waals surface area contributed by atoms with Crippen molar-refractivity contribution in [3.63, 3.8) is 0 Å². The van der Waals surface area contributed by atoms with Crippen molar-refractivity contribution in [2.75, 3.05) is 0 Å². The Kier molecular flexibility index (Phi) is 4.21. The molecule has 2 heterocycles. The van der Waals surface area contributed by atoms with Crippen LogP contribution >= 0.6 is 7.14 Å². The summed E-state index contributed by atoms with van der Waals surface area (Å²) in [7, 11) is -3.07. The number of nitrogens with zero attached hydrogens (tertiary/aromatic N) is 2. The van der Waals surface area contributed by atoms with Crippen molar-refractivity contribution in [3.05, 3.63) is 127 Å². The first-order valence-electron chi connectivity index (χ1n) is 12.4. The summed E-state index contributed by atoms with van der Waals surface area (Å²) >= 11 is 0. The van der Waals surface area contributed by atoms with Crippen LogP contribution in [0.3, 0.4) is 0 Å². The van der Waals surface area contributed by atoms with Gasteiger partial charge in [-0.1, -0.05) is 97.1 Å².